The predicted molar refractivity (Wildman–Crippen MR) is 148 cm³/mol. The van der Waals surface area contributed by atoms with E-state index in [2.05, 4.69) is 17.4 Å². The van der Waals surface area contributed by atoms with Crippen molar-refractivity contribution >= 4 is 5.91 Å². The molecule has 1 aliphatic heterocycles. The predicted octanol–water partition coefficient (Wildman–Crippen LogP) is 3.98. The van der Waals surface area contributed by atoms with Crippen LogP contribution in [0, 0.1) is 0 Å². The molecule has 0 aliphatic carbocycles. The first kappa shape index (κ1) is 28.6. The van der Waals surface area contributed by atoms with Crippen LogP contribution in [0.25, 0.3) is 11.1 Å². The maximum Gasteiger partial charge on any atom is 0.252 e. The van der Waals surface area contributed by atoms with Crippen molar-refractivity contribution in [3.05, 3.63) is 83.9 Å². The van der Waals surface area contributed by atoms with E-state index in [1.165, 1.54) is 12.7 Å². The summed E-state index contributed by atoms with van der Waals surface area (Å²) in [6, 6.07) is 22.7. The van der Waals surface area contributed by atoms with E-state index in [0.29, 0.717) is 29.2 Å². The molecular weight excluding hydrogens is 498 g/mol. The van der Waals surface area contributed by atoms with Crippen molar-refractivity contribution in [2.75, 3.05) is 20.8 Å². The van der Waals surface area contributed by atoms with Gasteiger partial charge in [0.05, 0.1) is 18.3 Å². The molecule has 39 heavy (non-hydrogen) atoms. The van der Waals surface area contributed by atoms with Gasteiger partial charge in [-0.15, -0.1) is 0 Å². The lowest BCUT2D eigenvalue weighted by Crippen LogP contribution is -2.63. The molecule has 1 fully saturated rings. The Kier molecular flexibility index (Phi) is 9.24. The molecule has 0 spiro atoms. The molecule has 0 aromatic heterocycles. The van der Waals surface area contributed by atoms with Gasteiger partial charge < -0.3 is 34.5 Å². The quantitative estimate of drug-likeness (QED) is 0.337. The van der Waals surface area contributed by atoms with Gasteiger partial charge in [0.15, 0.2) is 0 Å². The van der Waals surface area contributed by atoms with Crippen LogP contribution in [0.2, 0.25) is 0 Å². The first-order valence-electron chi connectivity index (χ1n) is 13.1. The molecule has 0 saturated carbocycles. The van der Waals surface area contributed by atoms with Gasteiger partial charge in [0.25, 0.3) is 5.91 Å². The highest BCUT2D eigenvalue weighted by atomic mass is 16.7. The van der Waals surface area contributed by atoms with E-state index in [1.54, 1.807) is 39.2 Å². The summed E-state index contributed by atoms with van der Waals surface area (Å²) in [5.41, 5.74) is 2.21. The first-order valence-corrected chi connectivity index (χ1v) is 13.1. The SMILES string of the molecule is COc1cccc(-c2ccc(O[C@H]3OC(C)(C)[C@H](OC)[C@@H](O)[C@H]3O)cc2C(=O)NCCCc2ccccc2)c1. The molecule has 4 rings (SSSR count). The maximum atomic E-state index is 13.4. The Hall–Kier alpha value is -3.43. The molecule has 3 aromatic carbocycles. The van der Waals surface area contributed by atoms with Crippen molar-refractivity contribution in [1.29, 1.82) is 0 Å². The third-order valence-electron chi connectivity index (χ3n) is 6.94. The summed E-state index contributed by atoms with van der Waals surface area (Å²) in [5, 5.41) is 24.3. The average Bonchev–Trinajstić information content (AvgIpc) is 2.94. The van der Waals surface area contributed by atoms with E-state index < -0.39 is 30.2 Å². The Morgan fingerprint density at radius 2 is 1.72 bits per heavy atom. The Morgan fingerprint density at radius 1 is 0.949 bits per heavy atom. The standard InChI is InChI=1S/C31H37NO7/c1-31(2)28(37-4)26(33)27(34)30(39-31)38-23-15-16-24(21-13-8-14-22(18-21)36-3)25(19-23)29(35)32-17-9-12-20-10-6-5-7-11-20/h5-8,10-11,13-16,18-19,26-28,30,33-34H,9,12,17H2,1-4H3,(H,32,35)/t26-,27+,28+,30-/m0/s1. The highest BCUT2D eigenvalue weighted by molar-refractivity contribution is 6.01. The summed E-state index contributed by atoms with van der Waals surface area (Å²) in [6.45, 7) is 4.01. The van der Waals surface area contributed by atoms with Crippen LogP contribution in [0.4, 0.5) is 0 Å². The van der Waals surface area contributed by atoms with Crippen molar-refractivity contribution in [3.8, 4) is 22.6 Å². The van der Waals surface area contributed by atoms with Crippen molar-refractivity contribution < 1.29 is 34.0 Å². The topological polar surface area (TPSA) is 106 Å². The number of amides is 1. The van der Waals surface area contributed by atoms with Gasteiger partial charge in [-0.05, 0) is 73.7 Å². The highest BCUT2D eigenvalue weighted by Gasteiger charge is 2.50. The van der Waals surface area contributed by atoms with Crippen LogP contribution in [0.15, 0.2) is 72.8 Å². The third-order valence-corrected chi connectivity index (χ3v) is 6.94. The molecule has 1 heterocycles. The second-order valence-corrected chi connectivity index (χ2v) is 10.1. The molecule has 3 N–H and O–H groups in total. The third kappa shape index (κ3) is 6.78. The zero-order valence-electron chi connectivity index (χ0n) is 22.8. The van der Waals surface area contributed by atoms with E-state index in [0.717, 1.165) is 18.4 Å². The van der Waals surface area contributed by atoms with Crippen molar-refractivity contribution in [2.24, 2.45) is 0 Å². The molecule has 8 nitrogen and oxygen atoms in total. The summed E-state index contributed by atoms with van der Waals surface area (Å²) < 4.78 is 22.7. The minimum absolute atomic E-state index is 0.253. The van der Waals surface area contributed by atoms with Crippen LogP contribution in [-0.2, 0) is 15.9 Å². The fourth-order valence-corrected chi connectivity index (χ4v) is 4.90. The normalized spacial score (nSPS) is 22.2. The molecule has 8 heteroatoms. The van der Waals surface area contributed by atoms with Crippen LogP contribution < -0.4 is 14.8 Å². The monoisotopic (exact) mass is 535 g/mol. The Morgan fingerprint density at radius 3 is 2.44 bits per heavy atom. The minimum Gasteiger partial charge on any atom is -0.497 e. The van der Waals surface area contributed by atoms with Crippen molar-refractivity contribution in [3.63, 3.8) is 0 Å². The van der Waals surface area contributed by atoms with Crippen molar-refractivity contribution in [2.45, 2.75) is 56.9 Å². The van der Waals surface area contributed by atoms with Gasteiger partial charge in [0, 0.05) is 13.7 Å². The van der Waals surface area contributed by atoms with Gasteiger partial charge in [-0.1, -0.05) is 42.5 Å². The lowest BCUT2D eigenvalue weighted by atomic mass is 9.89. The number of ether oxygens (including phenoxy) is 4. The molecule has 1 aliphatic rings. The zero-order chi connectivity index (χ0) is 28.0. The second kappa shape index (κ2) is 12.6. The largest absolute Gasteiger partial charge is 0.497 e. The number of nitrogens with one attached hydrogen (secondary N) is 1. The molecule has 0 radical (unpaired) electrons. The molecule has 0 bridgehead atoms. The number of rotatable bonds is 10. The summed E-state index contributed by atoms with van der Waals surface area (Å²) >= 11 is 0. The van der Waals surface area contributed by atoms with Crippen LogP contribution >= 0.6 is 0 Å². The Labute approximate surface area is 229 Å². The van der Waals surface area contributed by atoms with Crippen LogP contribution in [0.1, 0.15) is 36.2 Å². The number of aliphatic hydroxyl groups is 2. The minimum atomic E-state index is -1.35. The Balaban J connectivity index is 1.56. The summed E-state index contributed by atoms with van der Waals surface area (Å²) in [5.74, 6) is 0.736. The number of methoxy groups -OCH3 is 2. The van der Waals surface area contributed by atoms with E-state index in [-0.39, 0.29) is 5.91 Å². The molecular formula is C31H37NO7. The van der Waals surface area contributed by atoms with Crippen molar-refractivity contribution in [1.82, 2.24) is 5.32 Å². The average molecular weight is 536 g/mol. The fourth-order valence-electron chi connectivity index (χ4n) is 4.90. The number of hydrogen-bond donors (Lipinski definition) is 3. The smallest absolute Gasteiger partial charge is 0.252 e. The number of carbonyl (C=O) groups is 1. The van der Waals surface area contributed by atoms with Gasteiger partial charge >= 0.3 is 0 Å². The van der Waals surface area contributed by atoms with Gasteiger partial charge in [0.1, 0.15) is 29.8 Å². The first-order chi connectivity index (χ1) is 18.7. The second-order valence-electron chi connectivity index (χ2n) is 10.1. The van der Waals surface area contributed by atoms with Crippen LogP contribution in [0.5, 0.6) is 11.5 Å². The van der Waals surface area contributed by atoms with E-state index in [4.69, 9.17) is 18.9 Å². The van der Waals surface area contributed by atoms with Gasteiger partial charge in [-0.3, -0.25) is 4.79 Å². The molecule has 1 amide bonds. The number of hydrogen-bond acceptors (Lipinski definition) is 7. The number of aryl methyl sites for hydroxylation is 1. The lowest BCUT2D eigenvalue weighted by Gasteiger charge is -2.46. The molecule has 0 unspecified atom stereocenters. The molecule has 3 aromatic rings. The van der Waals surface area contributed by atoms with Gasteiger partial charge in [-0.2, -0.15) is 0 Å². The lowest BCUT2D eigenvalue weighted by molar-refractivity contribution is -0.305. The van der Waals surface area contributed by atoms with Crippen LogP contribution in [-0.4, -0.2) is 67.1 Å². The van der Waals surface area contributed by atoms with Gasteiger partial charge in [-0.25, -0.2) is 0 Å². The van der Waals surface area contributed by atoms with Crippen LogP contribution in [0.3, 0.4) is 0 Å². The molecule has 1 saturated heterocycles. The van der Waals surface area contributed by atoms with E-state index >= 15 is 0 Å². The molecule has 4 atom stereocenters. The summed E-state index contributed by atoms with van der Waals surface area (Å²) in [7, 11) is 3.05. The highest BCUT2D eigenvalue weighted by Crippen LogP contribution is 2.34. The van der Waals surface area contributed by atoms with E-state index in [1.807, 2.05) is 42.5 Å². The summed E-state index contributed by atoms with van der Waals surface area (Å²) in [4.78, 5) is 13.4. The van der Waals surface area contributed by atoms with Gasteiger partial charge in [0.2, 0.25) is 6.29 Å². The van der Waals surface area contributed by atoms with E-state index in [9.17, 15) is 15.0 Å². The fraction of sp³-hybridized carbons (Fsp3) is 0.387. The summed E-state index contributed by atoms with van der Waals surface area (Å²) in [6.07, 6.45) is -2.82. The zero-order valence-corrected chi connectivity index (χ0v) is 22.8. The number of carbonyl (C=O) groups excluding carboxylic acids is 1. The molecule has 208 valence electrons. The maximum absolute atomic E-state index is 13.4. The Bertz CT molecular complexity index is 1250. The number of aliphatic hydroxyl groups excluding tert-OH is 2. The number of benzene rings is 3.